The third-order valence-corrected chi connectivity index (χ3v) is 4.06. The summed E-state index contributed by atoms with van der Waals surface area (Å²) in [6.45, 7) is 8.95. The van der Waals surface area contributed by atoms with Gasteiger partial charge in [0.15, 0.2) is 0 Å². The zero-order valence-corrected chi connectivity index (χ0v) is 11.5. The van der Waals surface area contributed by atoms with Crippen LogP contribution in [0.1, 0.15) is 26.2 Å². The molecular formula is C13H18Cl2FN. The molecule has 0 amide bonds. The molecule has 0 aromatic heterocycles. The van der Waals surface area contributed by atoms with Crippen LogP contribution in [0.3, 0.4) is 0 Å². The fourth-order valence-corrected chi connectivity index (χ4v) is 2.74. The van der Waals surface area contributed by atoms with Crippen LogP contribution in [-0.2, 0) is 0 Å². The highest BCUT2D eigenvalue weighted by Crippen LogP contribution is 2.38. The summed E-state index contributed by atoms with van der Waals surface area (Å²) in [6, 6.07) is -0.458. The summed E-state index contributed by atoms with van der Waals surface area (Å²) >= 11 is 11.7. The minimum Gasteiger partial charge on any atom is -0.324 e. The second-order valence-electron chi connectivity index (χ2n) is 4.74. The second kappa shape index (κ2) is 6.03. The smallest absolute Gasteiger partial charge is 0.122 e. The quantitative estimate of drug-likeness (QED) is 0.754. The van der Waals surface area contributed by atoms with Crippen molar-refractivity contribution in [3.63, 3.8) is 0 Å². The zero-order valence-electron chi connectivity index (χ0n) is 9.98. The second-order valence-corrected chi connectivity index (χ2v) is 5.58. The van der Waals surface area contributed by atoms with E-state index in [-0.39, 0.29) is 21.6 Å². The van der Waals surface area contributed by atoms with Gasteiger partial charge in [0, 0.05) is 11.6 Å². The molecule has 2 N–H and O–H groups in total. The van der Waals surface area contributed by atoms with E-state index >= 15 is 0 Å². The first-order valence-electron chi connectivity index (χ1n) is 5.69. The Hall–Kier alpha value is -0.310. The molecule has 0 radical (unpaired) electrons. The van der Waals surface area contributed by atoms with E-state index in [9.17, 15) is 4.39 Å². The lowest BCUT2D eigenvalue weighted by atomic mass is 9.90. The third-order valence-electron chi connectivity index (χ3n) is 3.34. The van der Waals surface area contributed by atoms with E-state index in [1.807, 2.05) is 0 Å². The minimum absolute atomic E-state index is 0.0891. The number of rotatable bonds is 4. The number of nitrogens with two attached hydrogens (primary N) is 1. The molecule has 1 rings (SSSR count). The van der Waals surface area contributed by atoms with Crippen molar-refractivity contribution in [2.75, 3.05) is 0 Å². The van der Waals surface area contributed by atoms with Gasteiger partial charge in [0.1, 0.15) is 5.83 Å². The molecule has 1 fully saturated rings. The Kier molecular flexibility index (Phi) is 5.23. The lowest BCUT2D eigenvalue weighted by Crippen LogP contribution is -2.31. The van der Waals surface area contributed by atoms with Gasteiger partial charge in [-0.05, 0) is 24.7 Å². The fourth-order valence-electron chi connectivity index (χ4n) is 2.41. The molecular weight excluding hydrogens is 260 g/mol. The molecule has 4 heteroatoms. The van der Waals surface area contributed by atoms with E-state index < -0.39 is 11.9 Å². The number of halogens is 3. The minimum atomic E-state index is -0.621. The van der Waals surface area contributed by atoms with Gasteiger partial charge in [-0.25, -0.2) is 4.39 Å². The molecule has 0 heterocycles. The number of hydrogen-bond acceptors (Lipinski definition) is 1. The van der Waals surface area contributed by atoms with Gasteiger partial charge < -0.3 is 5.73 Å². The third kappa shape index (κ3) is 3.57. The van der Waals surface area contributed by atoms with Crippen molar-refractivity contribution in [3.05, 3.63) is 34.6 Å². The Balaban J connectivity index is 2.96. The van der Waals surface area contributed by atoms with Crippen LogP contribution < -0.4 is 5.73 Å². The van der Waals surface area contributed by atoms with Gasteiger partial charge in [0.25, 0.3) is 0 Å². The van der Waals surface area contributed by atoms with E-state index in [0.717, 1.165) is 19.3 Å². The molecule has 96 valence electrons. The molecule has 0 aromatic rings. The van der Waals surface area contributed by atoms with Crippen LogP contribution in [0.25, 0.3) is 0 Å². The van der Waals surface area contributed by atoms with Crippen LogP contribution in [0.2, 0.25) is 0 Å². The Bertz CT molecular complexity index is 362. The summed E-state index contributed by atoms with van der Waals surface area (Å²) in [6.07, 6.45) is 3.08. The summed E-state index contributed by atoms with van der Waals surface area (Å²) in [4.78, 5) is 0. The number of allylic oxidation sites excluding steroid dienone is 2. The standard InChI is InChI=1S/C13H18Cl2FN/c1-7-4-5-10(6-7)13(17)11(9(3)16)12(15)8(2)14/h7,10,13H,2-6,17H2,1H3/b12-11-. The predicted molar refractivity (Wildman–Crippen MR) is 72.6 cm³/mol. The van der Waals surface area contributed by atoms with Crippen LogP contribution in [0.15, 0.2) is 34.6 Å². The molecule has 1 saturated carbocycles. The first kappa shape index (κ1) is 14.7. The van der Waals surface area contributed by atoms with E-state index in [4.69, 9.17) is 28.9 Å². The highest BCUT2D eigenvalue weighted by atomic mass is 35.5. The van der Waals surface area contributed by atoms with E-state index in [0.29, 0.717) is 5.92 Å². The Labute approximate surface area is 112 Å². The average Bonchev–Trinajstić information content (AvgIpc) is 2.64. The van der Waals surface area contributed by atoms with Crippen LogP contribution in [0, 0.1) is 11.8 Å². The van der Waals surface area contributed by atoms with Crippen molar-refractivity contribution in [2.45, 2.75) is 32.2 Å². The maximum atomic E-state index is 13.5. The van der Waals surface area contributed by atoms with Gasteiger partial charge in [0.2, 0.25) is 0 Å². The SMILES string of the molecule is C=C(Cl)/C(Cl)=C(\C(=C)F)C(N)C1CCC(C)C1. The maximum absolute atomic E-state index is 13.5. The molecule has 3 atom stereocenters. The lowest BCUT2D eigenvalue weighted by Gasteiger charge is -2.22. The summed E-state index contributed by atoms with van der Waals surface area (Å²) in [5, 5.41) is 0.188. The van der Waals surface area contributed by atoms with Crippen LogP contribution in [-0.4, -0.2) is 6.04 Å². The van der Waals surface area contributed by atoms with Crippen LogP contribution in [0.5, 0.6) is 0 Å². The monoisotopic (exact) mass is 277 g/mol. The molecule has 0 aliphatic heterocycles. The molecule has 0 aromatic carbocycles. The lowest BCUT2D eigenvalue weighted by molar-refractivity contribution is 0.445. The Morgan fingerprint density at radius 3 is 2.29 bits per heavy atom. The summed E-state index contributed by atoms with van der Waals surface area (Å²) < 4.78 is 13.5. The van der Waals surface area contributed by atoms with E-state index in [1.165, 1.54) is 0 Å². The Morgan fingerprint density at radius 1 is 1.35 bits per heavy atom. The highest BCUT2D eigenvalue weighted by Gasteiger charge is 2.31. The molecule has 0 spiro atoms. The summed E-state index contributed by atoms with van der Waals surface area (Å²) in [5.41, 5.74) is 6.28. The maximum Gasteiger partial charge on any atom is 0.122 e. The molecule has 1 aliphatic carbocycles. The molecule has 0 saturated heterocycles. The van der Waals surface area contributed by atoms with Crippen molar-refractivity contribution < 1.29 is 4.39 Å². The van der Waals surface area contributed by atoms with Gasteiger partial charge >= 0.3 is 0 Å². The molecule has 17 heavy (non-hydrogen) atoms. The Morgan fingerprint density at radius 2 is 1.94 bits per heavy atom. The van der Waals surface area contributed by atoms with Crippen LogP contribution >= 0.6 is 23.2 Å². The largest absolute Gasteiger partial charge is 0.324 e. The van der Waals surface area contributed by atoms with Crippen molar-refractivity contribution >= 4 is 23.2 Å². The number of hydrogen-bond donors (Lipinski definition) is 1. The first-order chi connectivity index (χ1) is 7.84. The molecule has 3 unspecified atom stereocenters. The van der Waals surface area contributed by atoms with Crippen molar-refractivity contribution in [2.24, 2.45) is 17.6 Å². The van der Waals surface area contributed by atoms with E-state index in [1.54, 1.807) is 0 Å². The van der Waals surface area contributed by atoms with E-state index in [2.05, 4.69) is 20.1 Å². The van der Waals surface area contributed by atoms with Gasteiger partial charge in [-0.15, -0.1) is 0 Å². The molecule has 1 aliphatic rings. The van der Waals surface area contributed by atoms with Gasteiger partial charge in [-0.3, -0.25) is 0 Å². The zero-order chi connectivity index (χ0) is 13.2. The average molecular weight is 278 g/mol. The molecule has 1 nitrogen and oxygen atoms in total. The van der Waals surface area contributed by atoms with Crippen molar-refractivity contribution in [1.82, 2.24) is 0 Å². The molecule has 0 bridgehead atoms. The van der Waals surface area contributed by atoms with Crippen LogP contribution in [0.4, 0.5) is 4.39 Å². The normalized spacial score (nSPS) is 27.6. The first-order valence-corrected chi connectivity index (χ1v) is 6.45. The predicted octanol–water partition coefficient (Wildman–Crippen LogP) is 4.48. The highest BCUT2D eigenvalue weighted by molar-refractivity contribution is 6.44. The summed E-state index contributed by atoms with van der Waals surface area (Å²) in [5.74, 6) is 0.235. The van der Waals surface area contributed by atoms with Gasteiger partial charge in [-0.2, -0.15) is 0 Å². The fraction of sp³-hybridized carbons (Fsp3) is 0.538. The topological polar surface area (TPSA) is 26.0 Å². The van der Waals surface area contributed by atoms with Gasteiger partial charge in [-0.1, -0.05) is 49.7 Å². The van der Waals surface area contributed by atoms with Gasteiger partial charge in [0.05, 0.1) is 10.1 Å². The summed E-state index contributed by atoms with van der Waals surface area (Å²) in [7, 11) is 0. The van der Waals surface area contributed by atoms with Crippen molar-refractivity contribution in [3.8, 4) is 0 Å². The van der Waals surface area contributed by atoms with Crippen molar-refractivity contribution in [1.29, 1.82) is 0 Å².